The van der Waals surface area contributed by atoms with Crippen molar-refractivity contribution in [3.05, 3.63) is 65.2 Å². The molecule has 0 aliphatic heterocycles. The fraction of sp³-hybridized carbons (Fsp3) is 0.176. The zero-order chi connectivity index (χ0) is 15.2. The SMILES string of the molecule is CC(=O)OC(=O)c1ccccc1COc1ccccc1C. The van der Waals surface area contributed by atoms with Crippen LogP contribution >= 0.6 is 0 Å². The third-order valence-electron chi connectivity index (χ3n) is 2.95. The summed E-state index contributed by atoms with van der Waals surface area (Å²) in [6.45, 7) is 3.38. The molecule has 0 unspecified atom stereocenters. The maximum absolute atomic E-state index is 11.9. The van der Waals surface area contributed by atoms with Crippen molar-refractivity contribution in [2.24, 2.45) is 0 Å². The molecule has 0 aromatic heterocycles. The molecule has 0 saturated heterocycles. The summed E-state index contributed by atoms with van der Waals surface area (Å²) in [7, 11) is 0. The Hall–Kier alpha value is -2.62. The smallest absolute Gasteiger partial charge is 0.346 e. The van der Waals surface area contributed by atoms with E-state index in [0.717, 1.165) is 11.3 Å². The van der Waals surface area contributed by atoms with Gasteiger partial charge in [0.05, 0.1) is 5.56 Å². The van der Waals surface area contributed by atoms with Gasteiger partial charge in [-0.1, -0.05) is 36.4 Å². The largest absolute Gasteiger partial charge is 0.489 e. The van der Waals surface area contributed by atoms with Crippen LogP contribution < -0.4 is 4.74 Å². The molecule has 0 amide bonds. The number of carbonyl (C=O) groups is 2. The normalized spacial score (nSPS) is 10.0. The van der Waals surface area contributed by atoms with Gasteiger partial charge in [0.2, 0.25) is 0 Å². The van der Waals surface area contributed by atoms with E-state index in [1.54, 1.807) is 24.3 Å². The highest BCUT2D eigenvalue weighted by molar-refractivity contribution is 5.97. The van der Waals surface area contributed by atoms with Crippen LogP contribution in [-0.2, 0) is 16.1 Å². The summed E-state index contributed by atoms with van der Waals surface area (Å²) in [5.41, 5.74) is 2.02. The quantitative estimate of drug-likeness (QED) is 0.638. The van der Waals surface area contributed by atoms with Gasteiger partial charge in [0.25, 0.3) is 0 Å². The van der Waals surface area contributed by atoms with E-state index in [-0.39, 0.29) is 6.61 Å². The van der Waals surface area contributed by atoms with E-state index in [2.05, 4.69) is 4.74 Å². The first-order valence-corrected chi connectivity index (χ1v) is 6.57. The van der Waals surface area contributed by atoms with E-state index in [4.69, 9.17) is 4.74 Å². The van der Waals surface area contributed by atoms with E-state index in [1.165, 1.54) is 6.92 Å². The van der Waals surface area contributed by atoms with Crippen LogP contribution in [0.2, 0.25) is 0 Å². The van der Waals surface area contributed by atoms with Crippen molar-refractivity contribution in [3.8, 4) is 5.75 Å². The summed E-state index contributed by atoms with van der Waals surface area (Å²) >= 11 is 0. The molecule has 4 nitrogen and oxygen atoms in total. The molecule has 0 N–H and O–H groups in total. The molecule has 21 heavy (non-hydrogen) atoms. The average molecular weight is 284 g/mol. The monoisotopic (exact) mass is 284 g/mol. The molecule has 0 fully saturated rings. The van der Waals surface area contributed by atoms with E-state index >= 15 is 0 Å². The van der Waals surface area contributed by atoms with Gasteiger partial charge in [-0.05, 0) is 24.6 Å². The Balaban J connectivity index is 2.15. The predicted octanol–water partition coefficient (Wildman–Crippen LogP) is 3.28. The number of hydrogen-bond acceptors (Lipinski definition) is 4. The molecular weight excluding hydrogens is 268 g/mol. The predicted molar refractivity (Wildman–Crippen MR) is 78.0 cm³/mol. The minimum Gasteiger partial charge on any atom is -0.489 e. The Bertz CT molecular complexity index is 661. The van der Waals surface area contributed by atoms with Crippen LogP contribution in [0, 0.1) is 6.92 Å². The van der Waals surface area contributed by atoms with Gasteiger partial charge in [-0.3, -0.25) is 4.79 Å². The third kappa shape index (κ3) is 3.92. The summed E-state index contributed by atoms with van der Waals surface area (Å²) in [6, 6.07) is 14.5. The van der Waals surface area contributed by atoms with Crippen LogP contribution in [0.25, 0.3) is 0 Å². The fourth-order valence-electron chi connectivity index (χ4n) is 1.90. The molecule has 0 atom stereocenters. The summed E-state index contributed by atoms with van der Waals surface area (Å²) in [5.74, 6) is -0.534. The topological polar surface area (TPSA) is 52.6 Å². The minimum atomic E-state index is -0.661. The number of para-hydroxylation sites is 1. The van der Waals surface area contributed by atoms with Crippen LogP contribution in [0.3, 0.4) is 0 Å². The number of esters is 2. The Kier molecular flexibility index (Phi) is 4.72. The van der Waals surface area contributed by atoms with Gasteiger partial charge in [-0.15, -0.1) is 0 Å². The first-order chi connectivity index (χ1) is 10.1. The molecule has 0 aliphatic rings. The number of benzene rings is 2. The Morgan fingerprint density at radius 2 is 1.67 bits per heavy atom. The second-order valence-electron chi connectivity index (χ2n) is 4.59. The van der Waals surface area contributed by atoms with Crippen molar-refractivity contribution in [2.45, 2.75) is 20.5 Å². The van der Waals surface area contributed by atoms with Gasteiger partial charge >= 0.3 is 11.9 Å². The van der Waals surface area contributed by atoms with E-state index in [1.807, 2.05) is 31.2 Å². The first kappa shape index (κ1) is 14.8. The number of carbonyl (C=O) groups excluding carboxylic acids is 2. The summed E-state index contributed by atoms with van der Waals surface area (Å²) < 4.78 is 10.3. The second-order valence-corrected chi connectivity index (χ2v) is 4.59. The van der Waals surface area contributed by atoms with Gasteiger partial charge < -0.3 is 9.47 Å². The van der Waals surface area contributed by atoms with Crippen molar-refractivity contribution >= 4 is 11.9 Å². The van der Waals surface area contributed by atoms with Crippen LogP contribution in [0.5, 0.6) is 5.75 Å². The standard InChI is InChI=1S/C17H16O4/c1-12-7-3-6-10-16(12)20-11-14-8-4-5-9-15(14)17(19)21-13(2)18/h3-10H,11H2,1-2H3. The molecule has 0 aliphatic carbocycles. The van der Waals surface area contributed by atoms with Crippen LogP contribution in [0.4, 0.5) is 0 Å². The van der Waals surface area contributed by atoms with Crippen molar-refractivity contribution in [1.29, 1.82) is 0 Å². The van der Waals surface area contributed by atoms with Gasteiger partial charge in [0, 0.05) is 12.5 Å². The highest BCUT2D eigenvalue weighted by Crippen LogP contribution is 2.19. The van der Waals surface area contributed by atoms with Gasteiger partial charge in [0.15, 0.2) is 0 Å². The zero-order valence-corrected chi connectivity index (χ0v) is 12.0. The Morgan fingerprint density at radius 1 is 1.00 bits per heavy atom. The lowest BCUT2D eigenvalue weighted by Gasteiger charge is -2.11. The lowest BCUT2D eigenvalue weighted by molar-refractivity contribution is -0.135. The molecule has 0 saturated carbocycles. The van der Waals surface area contributed by atoms with Crippen molar-refractivity contribution in [1.82, 2.24) is 0 Å². The molecule has 2 aromatic rings. The van der Waals surface area contributed by atoms with Crippen molar-refractivity contribution < 1.29 is 19.1 Å². The number of rotatable bonds is 4. The van der Waals surface area contributed by atoms with Crippen LogP contribution in [0.1, 0.15) is 28.4 Å². The van der Waals surface area contributed by atoms with E-state index < -0.39 is 11.9 Å². The third-order valence-corrected chi connectivity index (χ3v) is 2.95. The fourth-order valence-corrected chi connectivity index (χ4v) is 1.90. The molecule has 0 heterocycles. The van der Waals surface area contributed by atoms with E-state index in [0.29, 0.717) is 11.1 Å². The highest BCUT2D eigenvalue weighted by atomic mass is 16.6. The van der Waals surface area contributed by atoms with Crippen LogP contribution in [-0.4, -0.2) is 11.9 Å². The maximum Gasteiger partial charge on any atom is 0.346 e. The molecule has 0 radical (unpaired) electrons. The lowest BCUT2D eigenvalue weighted by Crippen LogP contribution is -2.12. The van der Waals surface area contributed by atoms with Gasteiger partial charge in [-0.2, -0.15) is 0 Å². The second kappa shape index (κ2) is 6.70. The van der Waals surface area contributed by atoms with E-state index in [9.17, 15) is 9.59 Å². The lowest BCUT2D eigenvalue weighted by atomic mass is 10.1. The van der Waals surface area contributed by atoms with Gasteiger partial charge in [0.1, 0.15) is 12.4 Å². The van der Waals surface area contributed by atoms with Gasteiger partial charge in [-0.25, -0.2) is 4.79 Å². The van der Waals surface area contributed by atoms with Crippen molar-refractivity contribution in [2.75, 3.05) is 0 Å². The molecule has 0 spiro atoms. The number of ether oxygens (including phenoxy) is 2. The molecule has 0 bridgehead atoms. The molecule has 108 valence electrons. The molecule has 2 rings (SSSR count). The van der Waals surface area contributed by atoms with Crippen molar-refractivity contribution in [3.63, 3.8) is 0 Å². The molecule has 4 heteroatoms. The molecular formula is C17H16O4. The first-order valence-electron chi connectivity index (χ1n) is 6.57. The number of hydrogen-bond donors (Lipinski definition) is 0. The Morgan fingerprint density at radius 3 is 2.38 bits per heavy atom. The zero-order valence-electron chi connectivity index (χ0n) is 12.0. The summed E-state index contributed by atoms with van der Waals surface area (Å²) in [6.07, 6.45) is 0. The summed E-state index contributed by atoms with van der Waals surface area (Å²) in [5, 5.41) is 0. The minimum absolute atomic E-state index is 0.230. The average Bonchev–Trinajstić information content (AvgIpc) is 2.46. The highest BCUT2D eigenvalue weighted by Gasteiger charge is 2.14. The molecule has 2 aromatic carbocycles. The maximum atomic E-state index is 11.9. The summed E-state index contributed by atoms with van der Waals surface area (Å²) in [4.78, 5) is 22.7. The Labute approximate surface area is 123 Å². The van der Waals surface area contributed by atoms with Crippen LogP contribution in [0.15, 0.2) is 48.5 Å². The number of aryl methyl sites for hydroxylation is 1.